The molecule has 2 aliphatic rings. The first-order chi connectivity index (χ1) is 13.2. The molecule has 2 aromatic rings. The highest BCUT2D eigenvalue weighted by Crippen LogP contribution is 2.41. The first kappa shape index (κ1) is 18.2. The molecule has 0 spiro atoms. The van der Waals surface area contributed by atoms with E-state index in [4.69, 9.17) is 0 Å². The number of aliphatic imine (C=N–C) groups is 1. The van der Waals surface area contributed by atoms with Gasteiger partial charge < -0.3 is 15.1 Å². The zero-order chi connectivity index (χ0) is 18.8. The highest BCUT2D eigenvalue weighted by atomic mass is 32.1. The molecule has 2 atom stereocenters. The average Bonchev–Trinajstić information content (AvgIpc) is 3.29. The summed E-state index contributed by atoms with van der Waals surface area (Å²) in [6, 6.07) is 7.32. The molecular formula is C19H25FN6S. The molecule has 2 fully saturated rings. The highest BCUT2D eigenvalue weighted by molar-refractivity contribution is 7.09. The summed E-state index contributed by atoms with van der Waals surface area (Å²) in [5.74, 6) is 1.95. The maximum atomic E-state index is 14.0. The van der Waals surface area contributed by atoms with E-state index in [2.05, 4.69) is 36.4 Å². The van der Waals surface area contributed by atoms with E-state index < -0.39 is 0 Å². The Morgan fingerprint density at radius 1 is 1.30 bits per heavy atom. The van der Waals surface area contributed by atoms with Crippen molar-refractivity contribution in [1.29, 1.82) is 0 Å². The van der Waals surface area contributed by atoms with Gasteiger partial charge in [0, 0.05) is 63.1 Å². The molecule has 0 bridgehead atoms. The largest absolute Gasteiger partial charge is 0.353 e. The van der Waals surface area contributed by atoms with Gasteiger partial charge in [0.05, 0.1) is 0 Å². The van der Waals surface area contributed by atoms with Crippen molar-refractivity contribution in [1.82, 2.24) is 19.6 Å². The van der Waals surface area contributed by atoms with Gasteiger partial charge in [0.25, 0.3) is 0 Å². The molecule has 0 radical (unpaired) electrons. The maximum absolute atomic E-state index is 14.0. The van der Waals surface area contributed by atoms with E-state index in [9.17, 15) is 4.39 Å². The molecule has 6 nitrogen and oxygen atoms in total. The number of anilines is 1. The van der Waals surface area contributed by atoms with Crippen LogP contribution in [0.4, 0.5) is 9.52 Å². The lowest BCUT2D eigenvalue weighted by Gasteiger charge is -2.36. The van der Waals surface area contributed by atoms with Gasteiger partial charge in [-0.3, -0.25) is 4.99 Å². The first-order valence-corrected chi connectivity index (χ1v) is 10.3. The van der Waals surface area contributed by atoms with Gasteiger partial charge in [-0.25, -0.2) is 9.37 Å². The fourth-order valence-electron chi connectivity index (χ4n) is 3.56. The van der Waals surface area contributed by atoms with Gasteiger partial charge in [-0.05, 0) is 18.1 Å². The Hall–Kier alpha value is -2.22. The summed E-state index contributed by atoms with van der Waals surface area (Å²) in [4.78, 5) is 13.6. The summed E-state index contributed by atoms with van der Waals surface area (Å²) in [6.45, 7) is 5.66. The van der Waals surface area contributed by atoms with E-state index in [1.165, 1.54) is 17.6 Å². The Labute approximate surface area is 163 Å². The third kappa shape index (κ3) is 3.90. The van der Waals surface area contributed by atoms with Crippen molar-refractivity contribution in [3.63, 3.8) is 0 Å². The minimum Gasteiger partial charge on any atom is -0.353 e. The summed E-state index contributed by atoms with van der Waals surface area (Å²) in [5, 5.41) is 4.53. The average molecular weight is 389 g/mol. The molecule has 8 heteroatoms. The van der Waals surface area contributed by atoms with Crippen LogP contribution in [0.5, 0.6) is 0 Å². The quantitative estimate of drug-likeness (QED) is 0.644. The number of nitrogens with zero attached hydrogens (tertiary/aromatic N) is 5. The van der Waals surface area contributed by atoms with Gasteiger partial charge in [0.1, 0.15) is 11.6 Å². The summed E-state index contributed by atoms with van der Waals surface area (Å²) in [5.41, 5.74) is 0.804. The van der Waals surface area contributed by atoms with E-state index in [0.29, 0.717) is 0 Å². The molecule has 27 heavy (non-hydrogen) atoms. The Morgan fingerprint density at radius 2 is 2.07 bits per heavy atom. The molecule has 1 aromatic heterocycles. The molecule has 1 saturated carbocycles. The molecule has 144 valence electrons. The van der Waals surface area contributed by atoms with E-state index in [1.54, 1.807) is 6.07 Å². The topological polar surface area (TPSA) is 56.7 Å². The molecule has 1 saturated heterocycles. The van der Waals surface area contributed by atoms with Crippen molar-refractivity contribution in [2.24, 2.45) is 4.99 Å². The van der Waals surface area contributed by atoms with Crippen LogP contribution in [0, 0.1) is 5.82 Å². The van der Waals surface area contributed by atoms with Crippen LogP contribution in [0.1, 0.15) is 30.7 Å². The van der Waals surface area contributed by atoms with Crippen molar-refractivity contribution < 1.29 is 4.39 Å². The summed E-state index contributed by atoms with van der Waals surface area (Å²) in [7, 11) is 1.81. The molecule has 0 amide bonds. The maximum Gasteiger partial charge on any atom is 0.205 e. The zero-order valence-corrected chi connectivity index (χ0v) is 16.5. The second-order valence-electron chi connectivity index (χ2n) is 6.98. The normalized spacial score (nSPS) is 22.9. The van der Waals surface area contributed by atoms with Crippen molar-refractivity contribution in [2.45, 2.75) is 31.7 Å². The Morgan fingerprint density at radius 3 is 2.74 bits per heavy atom. The fourth-order valence-corrected chi connectivity index (χ4v) is 4.36. The van der Waals surface area contributed by atoms with Crippen molar-refractivity contribution in [3.8, 4) is 0 Å². The SMILES string of the molecule is CCc1nsc(N2CCN(C(=NC)NC3CC3c3ccccc3F)CC2)n1. The Balaban J connectivity index is 1.32. The minimum atomic E-state index is -0.112. The van der Waals surface area contributed by atoms with Crippen LogP contribution in [0.15, 0.2) is 29.3 Å². The summed E-state index contributed by atoms with van der Waals surface area (Å²) >= 11 is 1.48. The smallest absolute Gasteiger partial charge is 0.205 e. The van der Waals surface area contributed by atoms with Crippen LogP contribution in [0.3, 0.4) is 0 Å². The molecule has 1 N–H and O–H groups in total. The number of aryl methyl sites for hydroxylation is 1. The van der Waals surface area contributed by atoms with Crippen LogP contribution in [0.2, 0.25) is 0 Å². The lowest BCUT2D eigenvalue weighted by molar-refractivity contribution is 0.372. The van der Waals surface area contributed by atoms with E-state index in [1.807, 2.05) is 19.2 Å². The molecular weight excluding hydrogens is 363 g/mol. The van der Waals surface area contributed by atoms with Gasteiger partial charge in [0.15, 0.2) is 5.96 Å². The van der Waals surface area contributed by atoms with Crippen molar-refractivity contribution >= 4 is 22.6 Å². The number of hydrogen-bond acceptors (Lipinski definition) is 5. The standard InChI is InChI=1S/C19H25FN6S/c1-3-17-23-19(27-24-17)26-10-8-25(9-11-26)18(21-2)22-16-12-14(16)13-6-4-5-7-15(13)20/h4-7,14,16H,3,8-12H2,1-2H3,(H,21,22). The molecule has 1 aliphatic carbocycles. The molecule has 2 unspecified atom stereocenters. The van der Waals surface area contributed by atoms with Crippen molar-refractivity contribution in [2.75, 3.05) is 38.1 Å². The highest BCUT2D eigenvalue weighted by Gasteiger charge is 2.41. The van der Waals surface area contributed by atoms with Gasteiger partial charge in [-0.15, -0.1) is 0 Å². The lowest BCUT2D eigenvalue weighted by Crippen LogP contribution is -2.53. The Bertz CT molecular complexity index is 814. The third-order valence-electron chi connectivity index (χ3n) is 5.24. The Kier molecular flexibility index (Phi) is 5.24. The van der Waals surface area contributed by atoms with E-state index >= 15 is 0 Å². The monoisotopic (exact) mass is 388 g/mol. The fraction of sp³-hybridized carbons (Fsp3) is 0.526. The second kappa shape index (κ2) is 7.80. The van der Waals surface area contributed by atoms with Crippen LogP contribution in [0.25, 0.3) is 0 Å². The summed E-state index contributed by atoms with van der Waals surface area (Å²) < 4.78 is 18.4. The number of benzene rings is 1. The zero-order valence-electron chi connectivity index (χ0n) is 15.7. The van der Waals surface area contributed by atoms with Gasteiger partial charge >= 0.3 is 0 Å². The van der Waals surface area contributed by atoms with Crippen LogP contribution in [-0.2, 0) is 6.42 Å². The number of rotatable bonds is 4. The number of hydrogen-bond donors (Lipinski definition) is 1. The number of nitrogens with one attached hydrogen (secondary N) is 1. The summed E-state index contributed by atoms with van der Waals surface area (Å²) in [6.07, 6.45) is 1.82. The molecule has 2 heterocycles. The van der Waals surface area contributed by atoms with Crippen molar-refractivity contribution in [3.05, 3.63) is 41.5 Å². The van der Waals surface area contributed by atoms with Gasteiger partial charge in [-0.2, -0.15) is 4.37 Å². The number of guanidine groups is 1. The predicted octanol–water partition coefficient (Wildman–Crippen LogP) is 2.49. The molecule has 1 aliphatic heterocycles. The number of aromatic nitrogens is 2. The number of piperazine rings is 1. The van der Waals surface area contributed by atoms with E-state index in [0.717, 1.165) is 61.5 Å². The first-order valence-electron chi connectivity index (χ1n) is 9.49. The van der Waals surface area contributed by atoms with Gasteiger partial charge in [0.2, 0.25) is 5.13 Å². The van der Waals surface area contributed by atoms with Crippen LogP contribution < -0.4 is 10.2 Å². The third-order valence-corrected chi connectivity index (χ3v) is 6.06. The minimum absolute atomic E-state index is 0.112. The molecule has 1 aromatic carbocycles. The lowest BCUT2D eigenvalue weighted by atomic mass is 10.1. The van der Waals surface area contributed by atoms with Crippen LogP contribution >= 0.6 is 11.5 Å². The van der Waals surface area contributed by atoms with Gasteiger partial charge in [-0.1, -0.05) is 25.1 Å². The number of halogens is 1. The second-order valence-corrected chi connectivity index (χ2v) is 7.71. The predicted molar refractivity (Wildman–Crippen MR) is 107 cm³/mol. The van der Waals surface area contributed by atoms with E-state index in [-0.39, 0.29) is 17.8 Å². The molecule has 4 rings (SSSR count). The van der Waals surface area contributed by atoms with Crippen LogP contribution in [-0.4, -0.2) is 59.5 Å².